The number of anilines is 1. The third-order valence-corrected chi connectivity index (χ3v) is 4.88. The number of hydrogen-bond acceptors (Lipinski definition) is 1. The average Bonchev–Trinajstić information content (AvgIpc) is 2.52. The molecule has 2 aromatic carbocycles. The summed E-state index contributed by atoms with van der Waals surface area (Å²) in [7, 11) is 0. The van der Waals surface area contributed by atoms with Crippen LogP contribution in [0.25, 0.3) is 0 Å². The summed E-state index contributed by atoms with van der Waals surface area (Å²) in [6, 6.07) is 14.1. The maximum Gasteiger partial charge on any atom is 0.256 e. The zero-order valence-corrected chi connectivity index (χ0v) is 18.4. The second-order valence-corrected chi connectivity index (χ2v) is 10.5. The van der Waals surface area contributed by atoms with Gasteiger partial charge < -0.3 is 5.32 Å². The van der Waals surface area contributed by atoms with Crippen molar-refractivity contribution in [1.29, 1.82) is 0 Å². The predicted octanol–water partition coefficient (Wildman–Crippen LogP) is 6.83. The molecule has 0 aliphatic rings. The highest BCUT2D eigenvalue weighted by Crippen LogP contribution is 2.38. The van der Waals surface area contributed by atoms with Crippen molar-refractivity contribution in [2.24, 2.45) is 0 Å². The van der Waals surface area contributed by atoms with Crippen molar-refractivity contribution < 1.29 is 4.79 Å². The van der Waals surface area contributed by atoms with E-state index in [0.29, 0.717) is 0 Å². The Balaban J connectivity index is 2.74. The van der Waals surface area contributed by atoms with E-state index < -0.39 is 0 Å². The highest BCUT2D eigenvalue weighted by Gasteiger charge is 2.31. The van der Waals surface area contributed by atoms with E-state index in [1.54, 1.807) is 0 Å². The molecule has 0 unspecified atom stereocenters. The molecule has 0 bridgehead atoms. The predicted molar refractivity (Wildman–Crippen MR) is 117 cm³/mol. The van der Waals surface area contributed by atoms with Crippen molar-refractivity contribution in [3.05, 3.63) is 64.7 Å². The van der Waals surface area contributed by atoms with Crippen LogP contribution in [-0.4, -0.2) is 5.91 Å². The molecule has 1 amide bonds. The van der Waals surface area contributed by atoms with Gasteiger partial charge in [-0.1, -0.05) is 92.6 Å². The topological polar surface area (TPSA) is 29.1 Å². The number of rotatable bonds is 2. The zero-order chi connectivity index (χ0) is 20.6. The molecule has 2 heteroatoms. The quantitative estimate of drug-likeness (QED) is 0.621. The molecular formula is C25H35NO. The van der Waals surface area contributed by atoms with Crippen LogP contribution in [0.4, 0.5) is 5.69 Å². The van der Waals surface area contributed by atoms with Gasteiger partial charge in [-0.15, -0.1) is 0 Å². The largest absolute Gasteiger partial charge is 0.322 e. The highest BCUT2D eigenvalue weighted by atomic mass is 16.1. The van der Waals surface area contributed by atoms with Crippen LogP contribution in [0, 0.1) is 0 Å². The van der Waals surface area contributed by atoms with Gasteiger partial charge >= 0.3 is 0 Å². The minimum atomic E-state index is -0.134. The molecule has 0 aliphatic heterocycles. The van der Waals surface area contributed by atoms with Crippen molar-refractivity contribution in [2.75, 3.05) is 5.32 Å². The number of carbonyl (C=O) groups excluding carboxylic acids is 1. The van der Waals surface area contributed by atoms with E-state index in [2.05, 4.69) is 79.8 Å². The van der Waals surface area contributed by atoms with Gasteiger partial charge in [-0.25, -0.2) is 0 Å². The van der Waals surface area contributed by atoms with E-state index in [0.717, 1.165) is 22.4 Å². The SMILES string of the molecule is CC(C)(C)c1cc(C(C)(C)C)c(C(=O)Nc2ccccc2)c(C(C)(C)C)c1. The van der Waals surface area contributed by atoms with Gasteiger partial charge in [-0.2, -0.15) is 0 Å². The first-order valence-corrected chi connectivity index (χ1v) is 9.77. The summed E-state index contributed by atoms with van der Waals surface area (Å²) in [5.41, 5.74) is 4.87. The summed E-state index contributed by atoms with van der Waals surface area (Å²) in [4.78, 5) is 13.4. The van der Waals surface area contributed by atoms with Gasteiger partial charge in [-0.3, -0.25) is 4.79 Å². The van der Waals surface area contributed by atoms with Crippen LogP contribution in [0.3, 0.4) is 0 Å². The Morgan fingerprint density at radius 2 is 1.15 bits per heavy atom. The molecule has 0 saturated carbocycles. The van der Waals surface area contributed by atoms with E-state index in [4.69, 9.17) is 0 Å². The monoisotopic (exact) mass is 365 g/mol. The molecule has 0 radical (unpaired) electrons. The fraction of sp³-hybridized carbons (Fsp3) is 0.480. The number of amides is 1. The summed E-state index contributed by atoms with van der Waals surface area (Å²) in [5, 5.41) is 3.10. The molecule has 1 N–H and O–H groups in total. The highest BCUT2D eigenvalue weighted by molar-refractivity contribution is 6.07. The molecule has 2 rings (SSSR count). The lowest BCUT2D eigenvalue weighted by molar-refractivity contribution is 0.102. The minimum Gasteiger partial charge on any atom is -0.322 e. The van der Waals surface area contributed by atoms with Crippen molar-refractivity contribution in [3.63, 3.8) is 0 Å². The van der Waals surface area contributed by atoms with Crippen LogP contribution < -0.4 is 5.32 Å². The molecule has 0 aliphatic carbocycles. The second kappa shape index (κ2) is 7.14. The Labute approximate surface area is 165 Å². The van der Waals surface area contributed by atoms with Crippen LogP contribution in [0.1, 0.15) is 89.4 Å². The van der Waals surface area contributed by atoms with E-state index in [9.17, 15) is 4.79 Å². The van der Waals surface area contributed by atoms with Gasteiger partial charge in [0.05, 0.1) is 0 Å². The van der Waals surface area contributed by atoms with E-state index in [1.165, 1.54) is 5.56 Å². The summed E-state index contributed by atoms with van der Waals surface area (Å²) in [6.07, 6.45) is 0. The number of benzene rings is 2. The summed E-state index contributed by atoms with van der Waals surface area (Å²) in [6.45, 7) is 19.8. The number of para-hydroxylation sites is 1. The second-order valence-electron chi connectivity index (χ2n) is 10.5. The number of hydrogen-bond donors (Lipinski definition) is 1. The lowest BCUT2D eigenvalue weighted by atomic mass is 9.72. The fourth-order valence-corrected chi connectivity index (χ4v) is 3.22. The smallest absolute Gasteiger partial charge is 0.256 e. The molecule has 146 valence electrons. The molecule has 0 heterocycles. The maximum atomic E-state index is 13.4. The lowest BCUT2D eigenvalue weighted by Gasteiger charge is -2.33. The molecule has 2 nitrogen and oxygen atoms in total. The Morgan fingerprint density at radius 3 is 1.52 bits per heavy atom. The zero-order valence-electron chi connectivity index (χ0n) is 18.4. The van der Waals surface area contributed by atoms with Gasteiger partial charge in [-0.05, 0) is 45.1 Å². The average molecular weight is 366 g/mol. The number of nitrogens with one attached hydrogen (secondary N) is 1. The number of carbonyl (C=O) groups is 1. The van der Waals surface area contributed by atoms with Crippen LogP contribution >= 0.6 is 0 Å². The third kappa shape index (κ3) is 5.00. The molecule has 0 saturated heterocycles. The van der Waals surface area contributed by atoms with E-state index in [1.807, 2.05) is 30.3 Å². The normalized spacial score (nSPS) is 12.8. The maximum absolute atomic E-state index is 13.4. The van der Waals surface area contributed by atoms with Crippen molar-refractivity contribution in [1.82, 2.24) is 0 Å². The Bertz CT molecular complexity index is 777. The molecule has 0 fully saturated rings. The van der Waals surface area contributed by atoms with Gasteiger partial charge in [0.15, 0.2) is 0 Å². The van der Waals surface area contributed by atoms with E-state index in [-0.39, 0.29) is 22.2 Å². The summed E-state index contributed by atoms with van der Waals surface area (Å²) in [5.74, 6) is -0.0310. The minimum absolute atomic E-state index is 0.0223. The molecule has 0 atom stereocenters. The fourth-order valence-electron chi connectivity index (χ4n) is 3.22. The van der Waals surface area contributed by atoms with E-state index >= 15 is 0 Å². The lowest BCUT2D eigenvalue weighted by Crippen LogP contribution is -2.28. The van der Waals surface area contributed by atoms with Gasteiger partial charge in [0.1, 0.15) is 0 Å². The van der Waals surface area contributed by atoms with Crippen molar-refractivity contribution >= 4 is 11.6 Å². The van der Waals surface area contributed by atoms with Gasteiger partial charge in [0.25, 0.3) is 5.91 Å². The molecule has 27 heavy (non-hydrogen) atoms. The van der Waals surface area contributed by atoms with Crippen molar-refractivity contribution in [3.8, 4) is 0 Å². The Morgan fingerprint density at radius 1 is 0.704 bits per heavy atom. The molecular weight excluding hydrogens is 330 g/mol. The van der Waals surface area contributed by atoms with Gasteiger partial charge in [0, 0.05) is 11.3 Å². The molecule has 0 spiro atoms. The first kappa shape index (κ1) is 21.2. The van der Waals surface area contributed by atoms with Crippen LogP contribution in [0.2, 0.25) is 0 Å². The molecule has 0 aromatic heterocycles. The summed E-state index contributed by atoms with van der Waals surface area (Å²) < 4.78 is 0. The summed E-state index contributed by atoms with van der Waals surface area (Å²) >= 11 is 0. The van der Waals surface area contributed by atoms with Crippen molar-refractivity contribution in [2.45, 2.75) is 78.6 Å². The molecule has 2 aromatic rings. The Hall–Kier alpha value is -2.09. The Kier molecular flexibility index (Phi) is 5.61. The standard InChI is InChI=1S/C25H35NO/c1-23(2,3)17-15-19(24(4,5)6)21(20(16-17)25(7,8)9)22(27)26-18-13-11-10-12-14-18/h10-16H,1-9H3,(H,26,27). The van der Waals surface area contributed by atoms with Crippen LogP contribution in [-0.2, 0) is 16.2 Å². The first-order valence-electron chi connectivity index (χ1n) is 9.77. The third-order valence-electron chi connectivity index (χ3n) is 4.88. The van der Waals surface area contributed by atoms with Crippen LogP contribution in [0.15, 0.2) is 42.5 Å². The van der Waals surface area contributed by atoms with Gasteiger partial charge in [0.2, 0.25) is 0 Å². The van der Waals surface area contributed by atoms with Crippen LogP contribution in [0.5, 0.6) is 0 Å². The first-order chi connectivity index (χ1) is 12.2.